The van der Waals surface area contributed by atoms with Crippen molar-refractivity contribution in [2.75, 3.05) is 13.2 Å². The summed E-state index contributed by atoms with van der Waals surface area (Å²) in [6.07, 6.45) is -1.45. The highest BCUT2D eigenvalue weighted by molar-refractivity contribution is 7.87. The van der Waals surface area contributed by atoms with Crippen molar-refractivity contribution >= 4 is 20.2 Å². The van der Waals surface area contributed by atoms with Crippen LogP contribution in [0.1, 0.15) is 11.1 Å². The van der Waals surface area contributed by atoms with Crippen LogP contribution in [0.15, 0.2) is 58.3 Å². The van der Waals surface area contributed by atoms with Gasteiger partial charge in [0.2, 0.25) is 0 Å². The van der Waals surface area contributed by atoms with Crippen LogP contribution in [0, 0.1) is 13.8 Å². The summed E-state index contributed by atoms with van der Waals surface area (Å²) < 4.78 is 58.1. The van der Waals surface area contributed by atoms with Crippen LogP contribution in [0.25, 0.3) is 0 Å². The molecule has 0 saturated heterocycles. The van der Waals surface area contributed by atoms with Gasteiger partial charge in [-0.05, 0) is 38.1 Å². The summed E-state index contributed by atoms with van der Waals surface area (Å²) in [6, 6.07) is 10.8. The number of aliphatic hydroxyl groups excluding tert-OH is 1. The second-order valence-electron chi connectivity index (χ2n) is 6.33. The first-order valence-corrected chi connectivity index (χ1v) is 11.2. The van der Waals surface area contributed by atoms with E-state index in [0.29, 0.717) is 0 Å². The maximum atomic E-state index is 12.1. The second-order valence-corrected chi connectivity index (χ2v) is 9.57. The lowest BCUT2D eigenvalue weighted by molar-refractivity contribution is 0.0715. The van der Waals surface area contributed by atoms with Crippen LogP contribution in [0.4, 0.5) is 0 Å². The van der Waals surface area contributed by atoms with Gasteiger partial charge in [-0.2, -0.15) is 16.8 Å². The number of aliphatic hydroxyl groups is 1. The minimum Gasteiger partial charge on any atom is -0.389 e. The quantitative estimate of drug-likeness (QED) is 0.566. The lowest BCUT2D eigenvalue weighted by Gasteiger charge is -2.18. The van der Waals surface area contributed by atoms with E-state index in [1.165, 1.54) is 24.3 Å². The minimum atomic E-state index is -4.07. The zero-order valence-electron chi connectivity index (χ0n) is 15.5. The van der Waals surface area contributed by atoms with Crippen LogP contribution in [-0.2, 0) is 28.6 Å². The molecule has 3 N–H and O–H groups in total. The first-order valence-electron chi connectivity index (χ1n) is 8.37. The molecule has 0 heterocycles. The third-order valence-electron chi connectivity index (χ3n) is 3.92. The van der Waals surface area contributed by atoms with Crippen molar-refractivity contribution < 1.29 is 30.3 Å². The van der Waals surface area contributed by atoms with Gasteiger partial charge in [0.1, 0.15) is 0 Å². The molecule has 2 aromatic rings. The van der Waals surface area contributed by atoms with E-state index in [1.807, 2.05) is 13.8 Å². The molecule has 2 aromatic carbocycles. The van der Waals surface area contributed by atoms with Crippen molar-refractivity contribution in [3.8, 4) is 0 Å². The molecule has 2 atom stereocenters. The Bertz CT molecular complexity index is 902. The van der Waals surface area contributed by atoms with E-state index in [9.17, 15) is 21.9 Å². The Labute approximate surface area is 165 Å². The summed E-state index contributed by atoms with van der Waals surface area (Å²) in [4.78, 5) is -0.102. The van der Waals surface area contributed by atoms with Gasteiger partial charge in [0.25, 0.3) is 20.2 Å². The van der Waals surface area contributed by atoms with E-state index in [2.05, 4.69) is 0 Å². The van der Waals surface area contributed by atoms with E-state index in [0.717, 1.165) is 11.1 Å². The molecule has 0 spiro atoms. The third kappa shape index (κ3) is 6.09. The summed E-state index contributed by atoms with van der Waals surface area (Å²) in [5, 5.41) is 9.99. The number of aryl methyl sites for hydroxylation is 2. The van der Waals surface area contributed by atoms with Gasteiger partial charge in [0.05, 0.1) is 35.2 Å². The zero-order chi connectivity index (χ0) is 20.9. The van der Waals surface area contributed by atoms with E-state index in [4.69, 9.17) is 14.1 Å². The van der Waals surface area contributed by atoms with E-state index in [1.54, 1.807) is 24.3 Å². The van der Waals surface area contributed by atoms with Gasteiger partial charge in [-0.15, -0.1) is 0 Å². The Morgan fingerprint density at radius 3 is 1.54 bits per heavy atom. The first-order chi connectivity index (χ1) is 13.0. The molecule has 8 nitrogen and oxygen atoms in total. The Morgan fingerprint density at radius 1 is 0.786 bits per heavy atom. The summed E-state index contributed by atoms with van der Waals surface area (Å²) in [5.41, 5.74) is 7.47. The Kier molecular flexibility index (Phi) is 7.32. The fourth-order valence-corrected chi connectivity index (χ4v) is 3.97. The number of benzene rings is 2. The van der Waals surface area contributed by atoms with Gasteiger partial charge in [-0.3, -0.25) is 8.37 Å². The number of hydrogen-bond donors (Lipinski definition) is 2. The van der Waals surface area contributed by atoms with E-state index >= 15 is 0 Å². The molecule has 0 unspecified atom stereocenters. The molecule has 0 aromatic heterocycles. The van der Waals surface area contributed by atoms with Crippen LogP contribution in [0.5, 0.6) is 0 Å². The van der Waals surface area contributed by atoms with Gasteiger partial charge in [-0.25, -0.2) is 0 Å². The van der Waals surface area contributed by atoms with Gasteiger partial charge in [0.15, 0.2) is 0 Å². The van der Waals surface area contributed by atoms with E-state index in [-0.39, 0.29) is 9.79 Å². The lowest BCUT2D eigenvalue weighted by Crippen LogP contribution is -2.42. The van der Waals surface area contributed by atoms with Gasteiger partial charge in [0, 0.05) is 0 Å². The highest BCUT2D eigenvalue weighted by Gasteiger charge is 2.24. The van der Waals surface area contributed by atoms with Crippen LogP contribution < -0.4 is 5.73 Å². The van der Waals surface area contributed by atoms with Crippen LogP contribution >= 0.6 is 0 Å². The second kappa shape index (κ2) is 9.12. The van der Waals surface area contributed by atoms with Crippen molar-refractivity contribution in [2.45, 2.75) is 35.8 Å². The normalized spacial score (nSPS) is 14.6. The molecular formula is C18H23NO7S2. The summed E-state index contributed by atoms with van der Waals surface area (Å²) in [6.45, 7) is 2.45. The molecule has 10 heteroatoms. The molecule has 0 amide bonds. The van der Waals surface area contributed by atoms with Gasteiger partial charge < -0.3 is 10.8 Å². The molecule has 154 valence electrons. The molecule has 28 heavy (non-hydrogen) atoms. The predicted octanol–water partition coefficient (Wildman–Crippen LogP) is 1.10. The molecule has 0 bridgehead atoms. The highest BCUT2D eigenvalue weighted by atomic mass is 32.2. The first kappa shape index (κ1) is 22.5. The van der Waals surface area contributed by atoms with Crippen LogP contribution in [-0.4, -0.2) is 47.3 Å². The molecule has 0 saturated carbocycles. The number of rotatable bonds is 9. The van der Waals surface area contributed by atoms with E-state index < -0.39 is 45.6 Å². The zero-order valence-corrected chi connectivity index (χ0v) is 17.1. The summed E-state index contributed by atoms with van der Waals surface area (Å²) >= 11 is 0. The molecule has 0 fully saturated rings. The SMILES string of the molecule is Cc1ccc(S(=O)(=O)OC[C@@H](N)[C@H](O)COS(=O)(=O)c2ccc(C)cc2)cc1. The molecule has 0 aliphatic heterocycles. The van der Waals surface area contributed by atoms with Crippen molar-refractivity contribution in [2.24, 2.45) is 5.73 Å². The fraction of sp³-hybridized carbons (Fsp3) is 0.333. The molecule has 0 aliphatic rings. The maximum Gasteiger partial charge on any atom is 0.297 e. The molecular weight excluding hydrogens is 406 g/mol. The maximum absolute atomic E-state index is 12.1. The smallest absolute Gasteiger partial charge is 0.297 e. The van der Waals surface area contributed by atoms with Crippen molar-refractivity contribution in [1.29, 1.82) is 0 Å². The van der Waals surface area contributed by atoms with Crippen molar-refractivity contribution in [3.05, 3.63) is 59.7 Å². The molecule has 0 aliphatic carbocycles. The standard InChI is InChI=1S/C18H23NO7S2/c1-13-3-7-15(8-4-13)27(21,22)25-11-17(19)18(20)12-26-28(23,24)16-9-5-14(2)6-10-16/h3-10,17-18,20H,11-12,19H2,1-2H3/t17-,18-/m1/s1. The van der Waals surface area contributed by atoms with Crippen LogP contribution in [0.2, 0.25) is 0 Å². The largest absolute Gasteiger partial charge is 0.389 e. The van der Waals surface area contributed by atoms with Crippen molar-refractivity contribution in [3.63, 3.8) is 0 Å². The number of nitrogens with two attached hydrogens (primary N) is 1. The van der Waals surface area contributed by atoms with Gasteiger partial charge in [-0.1, -0.05) is 35.4 Å². The Hall–Kier alpha value is -1.82. The monoisotopic (exact) mass is 429 g/mol. The average Bonchev–Trinajstić information content (AvgIpc) is 2.65. The summed E-state index contributed by atoms with van der Waals surface area (Å²) in [7, 11) is -8.12. The molecule has 0 radical (unpaired) electrons. The Balaban J connectivity index is 1.91. The third-order valence-corrected chi connectivity index (χ3v) is 6.51. The fourth-order valence-electron chi connectivity index (χ4n) is 2.11. The Morgan fingerprint density at radius 2 is 1.14 bits per heavy atom. The highest BCUT2D eigenvalue weighted by Crippen LogP contribution is 2.15. The average molecular weight is 430 g/mol. The van der Waals surface area contributed by atoms with Gasteiger partial charge >= 0.3 is 0 Å². The minimum absolute atomic E-state index is 0.0435. The summed E-state index contributed by atoms with van der Waals surface area (Å²) in [5.74, 6) is 0. The molecule has 2 rings (SSSR count). The lowest BCUT2D eigenvalue weighted by atomic mass is 10.2. The van der Waals surface area contributed by atoms with Crippen LogP contribution in [0.3, 0.4) is 0 Å². The number of hydrogen-bond acceptors (Lipinski definition) is 8. The topological polar surface area (TPSA) is 133 Å². The van der Waals surface area contributed by atoms with Crippen molar-refractivity contribution in [1.82, 2.24) is 0 Å². The predicted molar refractivity (Wildman–Crippen MR) is 103 cm³/mol.